The fourth-order valence-corrected chi connectivity index (χ4v) is 6.79. The minimum absolute atomic E-state index is 0.00154. The smallest absolute Gasteiger partial charge is 0.241 e. The molecular weight excluding hydrogens is 394 g/mol. The molecule has 1 aliphatic carbocycles. The van der Waals surface area contributed by atoms with Gasteiger partial charge in [0, 0.05) is 44.1 Å². The van der Waals surface area contributed by atoms with Gasteiger partial charge in [-0.05, 0) is 63.2 Å². The van der Waals surface area contributed by atoms with Crippen LogP contribution in [0.15, 0.2) is 0 Å². The molecule has 4 heterocycles. The lowest BCUT2D eigenvalue weighted by atomic mass is 9.83. The van der Waals surface area contributed by atoms with Crippen LogP contribution >= 0.6 is 0 Å². The number of likely N-dealkylation sites (tertiary alicyclic amines) is 2. The first-order chi connectivity index (χ1) is 14.9. The summed E-state index contributed by atoms with van der Waals surface area (Å²) >= 11 is 0. The Morgan fingerprint density at radius 1 is 0.968 bits per heavy atom. The molecule has 0 aromatic carbocycles. The number of carbonyl (C=O) groups is 3. The Hall–Kier alpha value is -2.14. The molecule has 8 heteroatoms. The van der Waals surface area contributed by atoms with Gasteiger partial charge in [-0.25, -0.2) is 0 Å². The van der Waals surface area contributed by atoms with E-state index in [0.29, 0.717) is 19.0 Å². The lowest BCUT2D eigenvalue weighted by Crippen LogP contribution is -2.56. The molecule has 0 radical (unpaired) electrons. The SMILES string of the molecule is CC(=O)N1CCC(C(=O)N2C3CCC2CC(C(N)C(=O)N2C(C#N)CC4CC42)C3)CC1. The van der Waals surface area contributed by atoms with Crippen LogP contribution in [0, 0.1) is 29.1 Å². The zero-order chi connectivity index (χ0) is 21.9. The maximum atomic E-state index is 13.3. The Balaban J connectivity index is 1.21. The minimum Gasteiger partial charge on any atom is -0.343 e. The summed E-state index contributed by atoms with van der Waals surface area (Å²) in [6.45, 7) is 2.91. The van der Waals surface area contributed by atoms with E-state index in [1.54, 1.807) is 11.8 Å². The number of hydrogen-bond donors (Lipinski definition) is 1. The second-order valence-corrected chi connectivity index (χ2v) is 10.4. The van der Waals surface area contributed by atoms with Gasteiger partial charge in [-0.15, -0.1) is 0 Å². The number of nitrogens with zero attached hydrogens (tertiary/aromatic N) is 4. The van der Waals surface area contributed by atoms with Crippen molar-refractivity contribution in [2.24, 2.45) is 23.5 Å². The fraction of sp³-hybridized carbons (Fsp3) is 0.826. The van der Waals surface area contributed by atoms with Gasteiger partial charge in [0.15, 0.2) is 0 Å². The van der Waals surface area contributed by atoms with Crippen molar-refractivity contribution in [2.45, 2.75) is 88.5 Å². The van der Waals surface area contributed by atoms with Crippen LogP contribution in [0.4, 0.5) is 0 Å². The monoisotopic (exact) mass is 427 g/mol. The highest BCUT2D eigenvalue weighted by molar-refractivity contribution is 5.84. The number of rotatable bonds is 3. The Labute approximate surface area is 183 Å². The van der Waals surface area contributed by atoms with Gasteiger partial charge in [0.2, 0.25) is 17.7 Å². The van der Waals surface area contributed by atoms with E-state index in [4.69, 9.17) is 5.73 Å². The topological polar surface area (TPSA) is 111 Å². The highest BCUT2D eigenvalue weighted by Crippen LogP contribution is 2.48. The molecule has 3 amide bonds. The van der Waals surface area contributed by atoms with Gasteiger partial charge in [-0.2, -0.15) is 5.26 Å². The van der Waals surface area contributed by atoms with Crippen molar-refractivity contribution in [3.8, 4) is 6.07 Å². The summed E-state index contributed by atoms with van der Waals surface area (Å²) in [5.41, 5.74) is 6.49. The van der Waals surface area contributed by atoms with Gasteiger partial charge in [-0.3, -0.25) is 14.4 Å². The van der Waals surface area contributed by atoms with Gasteiger partial charge < -0.3 is 20.4 Å². The first-order valence-electron chi connectivity index (χ1n) is 11.9. The molecule has 4 saturated heterocycles. The van der Waals surface area contributed by atoms with Crippen LogP contribution in [0.25, 0.3) is 0 Å². The molecule has 4 aliphatic heterocycles. The lowest BCUT2D eigenvalue weighted by molar-refractivity contribution is -0.145. The molecule has 2 bridgehead atoms. The third-order valence-corrected chi connectivity index (χ3v) is 8.61. The van der Waals surface area contributed by atoms with Crippen molar-refractivity contribution in [2.75, 3.05) is 13.1 Å². The Morgan fingerprint density at radius 2 is 1.61 bits per heavy atom. The third kappa shape index (κ3) is 3.51. The first kappa shape index (κ1) is 20.7. The maximum absolute atomic E-state index is 13.3. The van der Waals surface area contributed by atoms with Gasteiger partial charge >= 0.3 is 0 Å². The molecule has 5 fully saturated rings. The van der Waals surface area contributed by atoms with E-state index in [1.165, 1.54) is 0 Å². The number of amides is 3. The normalized spacial score (nSPS) is 37.9. The van der Waals surface area contributed by atoms with Crippen LogP contribution in [0.5, 0.6) is 0 Å². The Morgan fingerprint density at radius 3 is 2.19 bits per heavy atom. The molecule has 5 aliphatic rings. The van der Waals surface area contributed by atoms with Crippen molar-refractivity contribution in [3.63, 3.8) is 0 Å². The van der Waals surface area contributed by atoms with Crippen molar-refractivity contribution in [1.82, 2.24) is 14.7 Å². The molecule has 5 rings (SSSR count). The summed E-state index contributed by atoms with van der Waals surface area (Å²) in [6.07, 6.45) is 6.80. The average molecular weight is 428 g/mol. The number of fused-ring (bicyclic) bond motifs is 3. The molecule has 6 atom stereocenters. The van der Waals surface area contributed by atoms with Gasteiger partial charge in [0.05, 0.1) is 12.1 Å². The van der Waals surface area contributed by atoms with E-state index in [0.717, 1.165) is 51.4 Å². The minimum atomic E-state index is -0.575. The molecule has 0 spiro atoms. The van der Waals surface area contributed by atoms with Crippen LogP contribution < -0.4 is 5.73 Å². The van der Waals surface area contributed by atoms with E-state index in [2.05, 4.69) is 11.0 Å². The van der Waals surface area contributed by atoms with Crippen LogP contribution in [0.3, 0.4) is 0 Å². The average Bonchev–Trinajstić information content (AvgIpc) is 3.36. The molecule has 6 unspecified atom stereocenters. The van der Waals surface area contributed by atoms with E-state index >= 15 is 0 Å². The summed E-state index contributed by atoms with van der Waals surface area (Å²) in [4.78, 5) is 43.8. The van der Waals surface area contributed by atoms with E-state index in [-0.39, 0.29) is 53.7 Å². The predicted octanol–water partition coefficient (Wildman–Crippen LogP) is 0.855. The van der Waals surface area contributed by atoms with Gasteiger partial charge in [-0.1, -0.05) is 0 Å². The molecule has 1 saturated carbocycles. The molecule has 168 valence electrons. The quantitative estimate of drug-likeness (QED) is 0.718. The second kappa shape index (κ2) is 7.77. The van der Waals surface area contributed by atoms with Crippen LogP contribution in [-0.2, 0) is 14.4 Å². The second-order valence-electron chi connectivity index (χ2n) is 10.4. The van der Waals surface area contributed by atoms with Crippen LogP contribution in [0.1, 0.15) is 58.3 Å². The van der Waals surface area contributed by atoms with Crippen molar-refractivity contribution >= 4 is 17.7 Å². The largest absolute Gasteiger partial charge is 0.343 e. The number of hydrogen-bond acceptors (Lipinski definition) is 5. The first-order valence-corrected chi connectivity index (χ1v) is 11.9. The summed E-state index contributed by atoms with van der Waals surface area (Å²) in [5.74, 6) is 0.825. The van der Waals surface area contributed by atoms with Crippen molar-refractivity contribution < 1.29 is 14.4 Å². The van der Waals surface area contributed by atoms with Gasteiger partial charge in [0.1, 0.15) is 6.04 Å². The number of piperidine rings is 3. The van der Waals surface area contributed by atoms with Crippen molar-refractivity contribution in [3.05, 3.63) is 0 Å². The standard InChI is InChI=1S/C23H33N5O3/c1-13(29)26-6-4-14(5-7-26)22(30)27-17-2-3-18(27)10-16(9-17)21(25)23(31)28-19(12-24)8-15-11-20(15)28/h14-21H,2-11,25H2,1H3. The molecule has 2 N–H and O–H groups in total. The molecular formula is C23H33N5O3. The fourth-order valence-electron chi connectivity index (χ4n) is 6.79. The zero-order valence-corrected chi connectivity index (χ0v) is 18.3. The summed E-state index contributed by atoms with van der Waals surface area (Å²) in [5, 5.41) is 9.43. The van der Waals surface area contributed by atoms with E-state index < -0.39 is 6.04 Å². The predicted molar refractivity (Wildman–Crippen MR) is 112 cm³/mol. The molecule has 0 aromatic heterocycles. The van der Waals surface area contributed by atoms with Crippen LogP contribution in [-0.4, -0.2) is 75.7 Å². The van der Waals surface area contributed by atoms with Crippen LogP contribution in [0.2, 0.25) is 0 Å². The lowest BCUT2D eigenvalue weighted by Gasteiger charge is -2.43. The number of carbonyl (C=O) groups excluding carboxylic acids is 3. The Kier molecular flexibility index (Phi) is 5.20. The third-order valence-electron chi connectivity index (χ3n) is 8.61. The molecule has 8 nitrogen and oxygen atoms in total. The van der Waals surface area contributed by atoms with Gasteiger partial charge in [0.25, 0.3) is 0 Å². The van der Waals surface area contributed by atoms with E-state index in [9.17, 15) is 19.6 Å². The molecule has 31 heavy (non-hydrogen) atoms. The number of nitriles is 1. The number of nitrogens with two attached hydrogens (primary N) is 1. The zero-order valence-electron chi connectivity index (χ0n) is 18.3. The van der Waals surface area contributed by atoms with E-state index in [1.807, 2.05) is 4.90 Å². The maximum Gasteiger partial charge on any atom is 0.241 e. The summed E-state index contributed by atoms with van der Waals surface area (Å²) < 4.78 is 0. The highest BCUT2D eigenvalue weighted by atomic mass is 16.2. The molecule has 0 aromatic rings. The Bertz CT molecular complexity index is 803. The summed E-state index contributed by atoms with van der Waals surface area (Å²) in [6, 6.07) is 1.95. The van der Waals surface area contributed by atoms with Crippen molar-refractivity contribution in [1.29, 1.82) is 5.26 Å². The summed E-state index contributed by atoms with van der Waals surface area (Å²) in [7, 11) is 0. The highest BCUT2D eigenvalue weighted by Gasteiger charge is 2.56.